The molecule has 0 aliphatic rings. The fraction of sp³-hybridized carbons (Fsp3) is 0.385. The zero-order chi connectivity index (χ0) is 15.3. The van der Waals surface area contributed by atoms with Crippen molar-refractivity contribution in [3.63, 3.8) is 0 Å². The van der Waals surface area contributed by atoms with Crippen LogP contribution in [0.5, 0.6) is 5.75 Å². The van der Waals surface area contributed by atoms with Crippen molar-refractivity contribution < 1.29 is 19.8 Å². The number of phenolic OH excluding ortho intramolecular Hbond substituents is 1. The van der Waals surface area contributed by atoms with Crippen molar-refractivity contribution in [2.45, 2.75) is 13.0 Å². The van der Waals surface area contributed by atoms with E-state index in [1.807, 2.05) is 25.9 Å². The molecule has 0 spiro atoms. The summed E-state index contributed by atoms with van der Waals surface area (Å²) in [5, 5.41) is 23.6. The first-order valence-electron chi connectivity index (χ1n) is 6.08. The molecule has 0 aromatic heterocycles. The number of phenols is 1. The Morgan fingerprint density at radius 2 is 2.00 bits per heavy atom. The second-order valence-corrected chi connectivity index (χ2v) is 4.80. The van der Waals surface area contributed by atoms with Gasteiger partial charge in [-0.15, -0.1) is 0 Å². The van der Waals surface area contributed by atoms with Gasteiger partial charge in [0.15, 0.2) is 0 Å². The molecule has 110 valence electrons. The number of aromatic carboxylic acids is 1. The van der Waals surface area contributed by atoms with Gasteiger partial charge in [-0.2, -0.15) is 0 Å². The fourth-order valence-corrected chi connectivity index (χ4v) is 1.75. The number of amides is 2. The summed E-state index contributed by atoms with van der Waals surface area (Å²) in [5.41, 5.74) is 0.110. The van der Waals surface area contributed by atoms with Crippen LogP contribution in [0, 0.1) is 0 Å². The van der Waals surface area contributed by atoms with Crippen molar-refractivity contribution in [1.82, 2.24) is 10.2 Å². The van der Waals surface area contributed by atoms with Gasteiger partial charge in [0.25, 0.3) is 0 Å². The van der Waals surface area contributed by atoms with Gasteiger partial charge in [-0.25, -0.2) is 9.59 Å². The number of hydrogen-bond acceptors (Lipinski definition) is 4. The lowest BCUT2D eigenvalue weighted by molar-refractivity contribution is 0.0696. The van der Waals surface area contributed by atoms with E-state index < -0.39 is 12.0 Å². The Morgan fingerprint density at radius 1 is 1.35 bits per heavy atom. The second-order valence-electron chi connectivity index (χ2n) is 4.80. The molecule has 0 aliphatic heterocycles. The summed E-state index contributed by atoms with van der Waals surface area (Å²) >= 11 is 0. The van der Waals surface area contributed by atoms with Crippen LogP contribution in [-0.4, -0.2) is 53.8 Å². The molecule has 0 aliphatic carbocycles. The van der Waals surface area contributed by atoms with Crippen LogP contribution < -0.4 is 10.6 Å². The number of hydrogen-bond donors (Lipinski definition) is 4. The number of aromatic hydroxyl groups is 1. The number of carboxylic acid groups (broad SMARTS) is 1. The van der Waals surface area contributed by atoms with Crippen molar-refractivity contribution in [1.29, 1.82) is 0 Å². The highest BCUT2D eigenvalue weighted by atomic mass is 16.4. The van der Waals surface area contributed by atoms with E-state index in [-0.39, 0.29) is 23.0 Å². The number of carboxylic acids is 1. The van der Waals surface area contributed by atoms with Gasteiger partial charge in [0.05, 0.1) is 11.3 Å². The van der Waals surface area contributed by atoms with Crippen LogP contribution in [0.15, 0.2) is 18.2 Å². The molecule has 0 fully saturated rings. The molecule has 1 aromatic carbocycles. The Balaban J connectivity index is 2.64. The van der Waals surface area contributed by atoms with Crippen molar-refractivity contribution in [3.8, 4) is 5.75 Å². The first kappa shape index (κ1) is 15.8. The Morgan fingerprint density at radius 3 is 2.50 bits per heavy atom. The molecule has 1 aromatic rings. The standard InChI is InChI=1S/C13H19N3O4/c1-8(7-16(2)3)14-13(20)15-10-5-4-9(12(18)19)6-11(10)17/h4-6,8,17H,7H2,1-3H3,(H,18,19)(H2,14,15,20). The first-order valence-corrected chi connectivity index (χ1v) is 6.08. The van der Waals surface area contributed by atoms with Crippen molar-refractivity contribution >= 4 is 17.7 Å². The van der Waals surface area contributed by atoms with E-state index >= 15 is 0 Å². The molecule has 1 unspecified atom stereocenters. The molecule has 0 radical (unpaired) electrons. The maximum atomic E-state index is 11.7. The average molecular weight is 281 g/mol. The molecule has 20 heavy (non-hydrogen) atoms. The van der Waals surface area contributed by atoms with Gasteiger partial charge in [0.1, 0.15) is 5.75 Å². The van der Waals surface area contributed by atoms with Crippen LogP contribution in [-0.2, 0) is 0 Å². The maximum Gasteiger partial charge on any atom is 0.335 e. The Hall–Kier alpha value is -2.28. The first-order chi connectivity index (χ1) is 9.29. The van der Waals surface area contributed by atoms with Gasteiger partial charge in [0, 0.05) is 12.6 Å². The summed E-state index contributed by atoms with van der Waals surface area (Å²) in [6.07, 6.45) is 0. The lowest BCUT2D eigenvalue weighted by Gasteiger charge is -2.18. The lowest BCUT2D eigenvalue weighted by Crippen LogP contribution is -2.41. The van der Waals surface area contributed by atoms with Gasteiger partial charge in [0.2, 0.25) is 0 Å². The van der Waals surface area contributed by atoms with Crippen molar-refractivity contribution in [2.24, 2.45) is 0 Å². The van der Waals surface area contributed by atoms with Gasteiger partial charge < -0.3 is 25.7 Å². The van der Waals surface area contributed by atoms with Crippen LogP contribution in [0.4, 0.5) is 10.5 Å². The third-order valence-electron chi connectivity index (χ3n) is 2.51. The molecule has 0 heterocycles. The summed E-state index contributed by atoms with van der Waals surface area (Å²) in [6, 6.07) is 3.21. The normalized spacial score (nSPS) is 12.0. The molecule has 7 heteroatoms. The number of nitrogens with zero attached hydrogens (tertiary/aromatic N) is 1. The lowest BCUT2D eigenvalue weighted by atomic mass is 10.2. The molecule has 1 rings (SSSR count). The molecule has 1 atom stereocenters. The maximum absolute atomic E-state index is 11.7. The molecule has 4 N–H and O–H groups in total. The number of nitrogens with one attached hydrogen (secondary N) is 2. The molecule has 2 amide bonds. The number of likely N-dealkylation sites (N-methyl/N-ethyl adjacent to an activating group) is 1. The summed E-state index contributed by atoms with van der Waals surface area (Å²) in [7, 11) is 3.79. The molecule has 0 bridgehead atoms. The highest BCUT2D eigenvalue weighted by Crippen LogP contribution is 2.24. The minimum Gasteiger partial charge on any atom is -0.506 e. The summed E-state index contributed by atoms with van der Waals surface area (Å²) in [4.78, 5) is 24.4. The predicted molar refractivity (Wildman–Crippen MR) is 75.2 cm³/mol. The van der Waals surface area contributed by atoms with Crippen molar-refractivity contribution in [3.05, 3.63) is 23.8 Å². The Kier molecular flexibility index (Phi) is 5.33. The van der Waals surface area contributed by atoms with Crippen LogP contribution in [0.3, 0.4) is 0 Å². The van der Waals surface area contributed by atoms with E-state index in [0.29, 0.717) is 6.54 Å². The number of anilines is 1. The number of urea groups is 1. The monoisotopic (exact) mass is 281 g/mol. The number of benzene rings is 1. The second kappa shape index (κ2) is 6.76. The quantitative estimate of drug-likeness (QED) is 0.607. The molecular weight excluding hydrogens is 262 g/mol. The highest BCUT2D eigenvalue weighted by Gasteiger charge is 2.12. The minimum absolute atomic E-state index is 0.0468. The largest absolute Gasteiger partial charge is 0.506 e. The highest BCUT2D eigenvalue weighted by molar-refractivity contribution is 5.93. The topological polar surface area (TPSA) is 102 Å². The Bertz CT molecular complexity index is 502. The summed E-state index contributed by atoms with van der Waals surface area (Å²) < 4.78 is 0. The Labute approximate surface area is 117 Å². The third kappa shape index (κ3) is 4.77. The van der Waals surface area contributed by atoms with Gasteiger partial charge in [-0.1, -0.05) is 0 Å². The number of carbonyl (C=O) groups is 2. The predicted octanol–water partition coefficient (Wildman–Crippen LogP) is 1.16. The molecule has 0 saturated carbocycles. The summed E-state index contributed by atoms with van der Waals surface area (Å²) in [6.45, 7) is 2.53. The van der Waals surface area contributed by atoms with Gasteiger partial charge >= 0.3 is 12.0 Å². The smallest absolute Gasteiger partial charge is 0.335 e. The SMILES string of the molecule is CC(CN(C)C)NC(=O)Nc1ccc(C(=O)O)cc1O. The van der Waals surface area contributed by atoms with E-state index in [9.17, 15) is 14.7 Å². The average Bonchev–Trinajstić information content (AvgIpc) is 2.30. The van der Waals surface area contributed by atoms with Crippen LogP contribution in [0.2, 0.25) is 0 Å². The summed E-state index contributed by atoms with van der Waals surface area (Å²) in [5.74, 6) is -1.43. The zero-order valence-corrected chi connectivity index (χ0v) is 11.7. The van der Waals surface area contributed by atoms with E-state index in [4.69, 9.17) is 5.11 Å². The van der Waals surface area contributed by atoms with Crippen LogP contribution >= 0.6 is 0 Å². The van der Waals surface area contributed by atoms with E-state index in [1.54, 1.807) is 0 Å². The van der Waals surface area contributed by atoms with Gasteiger partial charge in [-0.3, -0.25) is 0 Å². The van der Waals surface area contributed by atoms with Gasteiger partial charge in [-0.05, 0) is 39.2 Å². The molecular formula is C13H19N3O4. The van der Waals surface area contributed by atoms with E-state index in [0.717, 1.165) is 6.07 Å². The molecule has 7 nitrogen and oxygen atoms in total. The third-order valence-corrected chi connectivity index (χ3v) is 2.51. The number of rotatable bonds is 5. The van der Waals surface area contributed by atoms with E-state index in [2.05, 4.69) is 10.6 Å². The number of carbonyl (C=O) groups excluding carboxylic acids is 1. The van der Waals surface area contributed by atoms with Crippen LogP contribution in [0.25, 0.3) is 0 Å². The fourth-order valence-electron chi connectivity index (χ4n) is 1.75. The van der Waals surface area contributed by atoms with Crippen molar-refractivity contribution in [2.75, 3.05) is 26.0 Å². The minimum atomic E-state index is -1.14. The van der Waals surface area contributed by atoms with Crippen LogP contribution in [0.1, 0.15) is 17.3 Å². The zero-order valence-electron chi connectivity index (χ0n) is 11.7. The van der Waals surface area contributed by atoms with E-state index in [1.165, 1.54) is 12.1 Å². The molecule has 0 saturated heterocycles.